The summed E-state index contributed by atoms with van der Waals surface area (Å²) in [6.07, 6.45) is 6.71. The Hall–Kier alpha value is -7.03. The molecule has 305 valence electrons. The first-order chi connectivity index (χ1) is 31.3. The van der Waals surface area contributed by atoms with Gasteiger partial charge < -0.3 is 0 Å². The third-order valence-corrected chi connectivity index (χ3v) is 17.3. The van der Waals surface area contributed by atoms with E-state index in [1.807, 2.05) is 0 Å². The molecule has 1 unspecified atom stereocenters. The summed E-state index contributed by atoms with van der Waals surface area (Å²) in [5.74, 6) is -0.0971. The van der Waals surface area contributed by atoms with Gasteiger partial charge in [0.1, 0.15) is 0 Å². The van der Waals surface area contributed by atoms with Crippen LogP contribution >= 0.6 is 0 Å². The van der Waals surface area contributed by atoms with E-state index in [2.05, 4.69) is 217 Å². The molecule has 5 heteroatoms. The Balaban J connectivity index is 1.03. The number of aryl methyl sites for hydroxylation is 4. The van der Waals surface area contributed by atoms with Gasteiger partial charge in [0, 0.05) is 0 Å². The molecular formula is C59H42N3OTe. The van der Waals surface area contributed by atoms with Gasteiger partial charge >= 0.3 is 371 Å². The summed E-state index contributed by atoms with van der Waals surface area (Å²) >= 11 is -0.786. The predicted octanol–water partition coefficient (Wildman–Crippen LogP) is 13.3. The summed E-state index contributed by atoms with van der Waals surface area (Å²) < 4.78 is 9.81. The molecule has 8 aromatic carbocycles. The molecule has 1 radical (unpaired) electrons. The second-order valence-electron chi connectivity index (χ2n) is 17.6. The molecule has 0 N–H and O–H groups in total. The van der Waals surface area contributed by atoms with Crippen molar-refractivity contribution in [2.45, 2.75) is 27.7 Å². The van der Waals surface area contributed by atoms with Crippen LogP contribution in [-0.4, -0.2) is 43.5 Å². The molecule has 0 bridgehead atoms. The fourth-order valence-corrected chi connectivity index (χ4v) is 14.1. The molecule has 0 saturated carbocycles. The Morgan fingerprint density at radius 1 is 0.453 bits per heavy atom. The van der Waals surface area contributed by atoms with Crippen LogP contribution in [0.1, 0.15) is 32.6 Å². The van der Waals surface area contributed by atoms with Crippen LogP contribution in [0.15, 0.2) is 176 Å². The van der Waals surface area contributed by atoms with Crippen molar-refractivity contribution >= 4 is 105 Å². The molecule has 64 heavy (non-hydrogen) atoms. The molecule has 1 atom stereocenters. The second-order valence-corrected chi connectivity index (χ2v) is 20.8. The molecule has 3 aromatic heterocycles. The number of hydrogen-bond acceptors (Lipinski definition) is 1. The number of carbonyl (C=O) groups is 1. The molecule has 2 aliphatic rings. The number of allylic oxidation sites excluding steroid dienone is 4. The van der Waals surface area contributed by atoms with E-state index < -0.39 is 20.5 Å². The topological polar surface area (TPSA) is 31.9 Å². The van der Waals surface area contributed by atoms with Gasteiger partial charge in [0.15, 0.2) is 0 Å². The quantitative estimate of drug-likeness (QED) is 0.162. The van der Waals surface area contributed by atoms with Gasteiger partial charge in [-0.25, -0.2) is 0 Å². The van der Waals surface area contributed by atoms with E-state index in [4.69, 9.17) is 0 Å². The fraction of sp³-hybridized carbons (Fsp3) is 0.0847. The van der Waals surface area contributed by atoms with Crippen LogP contribution in [0.25, 0.3) is 93.6 Å². The van der Waals surface area contributed by atoms with E-state index >= 15 is 4.79 Å². The summed E-state index contributed by atoms with van der Waals surface area (Å²) in [5.41, 5.74) is 18.4. The number of ketones is 1. The van der Waals surface area contributed by atoms with E-state index in [0.29, 0.717) is 0 Å². The number of nitrogens with zero attached hydrogens (tertiary/aromatic N) is 3. The predicted molar refractivity (Wildman–Crippen MR) is 271 cm³/mol. The van der Waals surface area contributed by atoms with Crippen LogP contribution in [0.3, 0.4) is 0 Å². The fourth-order valence-electron chi connectivity index (χ4n) is 11.0. The van der Waals surface area contributed by atoms with Crippen molar-refractivity contribution in [3.8, 4) is 22.5 Å². The number of fused-ring (bicyclic) bond motifs is 11. The molecule has 0 fully saturated rings. The molecule has 4 nitrogen and oxygen atoms in total. The monoisotopic (exact) mass is 938 g/mol. The van der Waals surface area contributed by atoms with Gasteiger partial charge in [-0.05, 0) is 0 Å². The van der Waals surface area contributed by atoms with E-state index in [1.165, 1.54) is 83.8 Å². The Bertz CT molecular complexity index is 3810. The second kappa shape index (κ2) is 14.0. The first-order valence-electron chi connectivity index (χ1n) is 22.1. The van der Waals surface area contributed by atoms with Gasteiger partial charge in [0.25, 0.3) is 0 Å². The van der Waals surface area contributed by atoms with Gasteiger partial charge in [0.2, 0.25) is 0 Å². The van der Waals surface area contributed by atoms with Crippen molar-refractivity contribution in [3.05, 3.63) is 204 Å². The molecule has 4 heterocycles. The van der Waals surface area contributed by atoms with Crippen LogP contribution in [0.5, 0.6) is 0 Å². The summed E-state index contributed by atoms with van der Waals surface area (Å²) in [4.78, 5) is 15.1. The number of benzene rings is 8. The Morgan fingerprint density at radius 3 is 1.53 bits per heavy atom. The Labute approximate surface area is 380 Å². The van der Waals surface area contributed by atoms with Gasteiger partial charge in [-0.3, -0.25) is 0 Å². The van der Waals surface area contributed by atoms with Gasteiger partial charge in [-0.2, -0.15) is 0 Å². The number of carbonyl (C=O) groups excluding carboxylic acids is 1. The number of aromatic nitrogens is 3. The number of rotatable bonds is 4. The third-order valence-electron chi connectivity index (χ3n) is 13.9. The summed E-state index contributed by atoms with van der Waals surface area (Å²) in [6, 6.07) is 57.6. The van der Waals surface area contributed by atoms with E-state index in [1.54, 1.807) is 0 Å². The molecular weight excluding hydrogens is 894 g/mol. The van der Waals surface area contributed by atoms with Crippen LogP contribution in [0, 0.1) is 33.6 Å². The minimum atomic E-state index is -0.786. The normalized spacial score (nSPS) is 14.9. The van der Waals surface area contributed by atoms with Gasteiger partial charge in [-0.15, -0.1) is 0 Å². The van der Waals surface area contributed by atoms with Crippen LogP contribution in [0.4, 0.5) is 0 Å². The van der Waals surface area contributed by atoms with Gasteiger partial charge in [0.05, 0.1) is 0 Å². The third kappa shape index (κ3) is 5.29. The van der Waals surface area contributed by atoms with Crippen LogP contribution in [0.2, 0.25) is 0 Å². The average Bonchev–Trinajstić information content (AvgIpc) is 3.97. The molecule has 13 rings (SSSR count). The van der Waals surface area contributed by atoms with Crippen molar-refractivity contribution in [1.82, 2.24) is 13.7 Å². The zero-order valence-electron chi connectivity index (χ0n) is 36.0. The maximum absolute atomic E-state index is 15.1. The SMILES string of the molecule is Cc1cccc2c3cccc(C)c3n(-c3ccc(-c4ccc5c(c4)C(=O)C4C=C(n6c7ccccc7c7ccccc76)C=CC4=[Te]5)c(-n4c5c(C)cccc5c5cccc(C)c54)c3)c12. The standard InChI is InChI=1S/C59H42N3OTe/c1-34-13-9-19-44-45-20-10-14-35(2)56(45)61(55(34)44)40-26-28-41(52(33-40)62-57-36(3)15-11-21-46(57)47-22-12-16-37(4)58(47)62)38-25-29-53-48(31-38)59(63)49-32-39(27-30-54(49)64-53)60-50-23-7-5-17-42(50)43-18-6-8-24-51(43)60/h5-33,49H,1-4H3. The number of Topliss-reactive ketones (excluding diaryl/α,β-unsaturated/α-hetero) is 1. The van der Waals surface area contributed by atoms with Crippen molar-refractivity contribution in [2.75, 3.05) is 0 Å². The van der Waals surface area contributed by atoms with Gasteiger partial charge in [-0.1, -0.05) is 12.1 Å². The minimum absolute atomic E-state index is 0.184. The molecule has 0 saturated heterocycles. The summed E-state index contributed by atoms with van der Waals surface area (Å²) in [5, 5.41) is 7.44. The van der Waals surface area contributed by atoms with E-state index in [9.17, 15) is 0 Å². The van der Waals surface area contributed by atoms with Crippen molar-refractivity contribution in [2.24, 2.45) is 5.92 Å². The van der Waals surface area contributed by atoms with Crippen molar-refractivity contribution < 1.29 is 4.79 Å². The molecule has 0 spiro atoms. The maximum atomic E-state index is 15.1. The molecule has 1 aliphatic carbocycles. The summed E-state index contributed by atoms with van der Waals surface area (Å²) in [6.45, 7) is 8.90. The van der Waals surface area contributed by atoms with E-state index in [-0.39, 0.29) is 11.7 Å². The van der Waals surface area contributed by atoms with Crippen LogP contribution < -0.4 is 3.61 Å². The zero-order chi connectivity index (χ0) is 43.0. The first kappa shape index (κ1) is 37.5. The van der Waals surface area contributed by atoms with Crippen molar-refractivity contribution in [3.63, 3.8) is 0 Å². The van der Waals surface area contributed by atoms with Crippen LogP contribution in [-0.2, 0) is 0 Å². The summed E-state index contributed by atoms with van der Waals surface area (Å²) in [7, 11) is 0. The Kier molecular flexibility index (Phi) is 8.20. The van der Waals surface area contributed by atoms with E-state index in [0.717, 1.165) is 44.8 Å². The molecule has 0 amide bonds. The van der Waals surface area contributed by atoms with Crippen molar-refractivity contribution in [1.29, 1.82) is 0 Å². The zero-order valence-corrected chi connectivity index (χ0v) is 38.3. The number of para-hydroxylation sites is 6. The first-order valence-corrected chi connectivity index (χ1v) is 24.4. The number of hydrogen-bond donors (Lipinski definition) is 0. The molecule has 11 aromatic rings. The Morgan fingerprint density at radius 2 is 0.969 bits per heavy atom. The average molecular weight is 937 g/mol. The molecule has 1 aliphatic heterocycles.